The molecule has 0 fully saturated rings. The van der Waals surface area contributed by atoms with Crippen LogP contribution in [-0.2, 0) is 0 Å². The van der Waals surface area contributed by atoms with Crippen LogP contribution in [0.1, 0.15) is 5.56 Å². The fourth-order valence-electron chi connectivity index (χ4n) is 12.9. The molecule has 0 bridgehead atoms. The Labute approximate surface area is 516 Å². The predicted octanol–water partition coefficient (Wildman–Crippen LogP) is 21.9. The van der Waals surface area contributed by atoms with E-state index in [-0.39, 0.29) is 0 Å². The minimum absolute atomic E-state index is 0.496. The van der Waals surface area contributed by atoms with Crippen LogP contribution >= 0.6 is 0 Å². The highest BCUT2D eigenvalue weighted by atomic mass is 15.0. The number of hydrogen-bond donors (Lipinski definition) is 0. The van der Waals surface area contributed by atoms with Gasteiger partial charge in [0.2, 0.25) is 5.69 Å². The van der Waals surface area contributed by atoms with Crippen LogP contribution in [0.25, 0.3) is 161 Å². The molecular formula is C83H54N6. The lowest BCUT2D eigenvalue weighted by Gasteiger charge is -2.20. The summed E-state index contributed by atoms with van der Waals surface area (Å²) in [4.78, 5) is 20.4. The van der Waals surface area contributed by atoms with Crippen LogP contribution in [-0.4, -0.2) is 24.1 Å². The maximum Gasteiger partial charge on any atom is 0.212 e. The van der Waals surface area contributed by atoms with E-state index in [2.05, 4.69) is 288 Å². The van der Waals surface area contributed by atoms with Crippen molar-refractivity contribution >= 4 is 49.3 Å². The van der Waals surface area contributed by atoms with Crippen LogP contribution in [0, 0.1) is 13.5 Å². The van der Waals surface area contributed by atoms with E-state index in [9.17, 15) is 6.57 Å². The first kappa shape index (κ1) is 52.5. The van der Waals surface area contributed by atoms with Crippen LogP contribution < -0.4 is 0 Å². The van der Waals surface area contributed by atoms with E-state index in [0.29, 0.717) is 5.69 Å². The third-order valence-corrected chi connectivity index (χ3v) is 17.3. The third-order valence-electron chi connectivity index (χ3n) is 17.3. The van der Waals surface area contributed by atoms with E-state index in [1.165, 1.54) is 0 Å². The van der Waals surface area contributed by atoms with Gasteiger partial charge in [-0.2, -0.15) is 0 Å². The minimum Gasteiger partial charge on any atom is -0.319 e. The summed E-state index contributed by atoms with van der Waals surface area (Å²) in [6.07, 6.45) is 0. The highest BCUT2D eigenvalue weighted by Gasteiger charge is 2.25. The Balaban J connectivity index is 0.966. The van der Waals surface area contributed by atoms with Crippen molar-refractivity contribution in [1.29, 1.82) is 0 Å². The van der Waals surface area contributed by atoms with E-state index in [1.54, 1.807) is 0 Å². The second kappa shape index (κ2) is 22.1. The van der Waals surface area contributed by atoms with Crippen molar-refractivity contribution in [3.63, 3.8) is 0 Å². The molecule has 0 amide bonds. The molecule has 0 aliphatic rings. The first-order valence-electron chi connectivity index (χ1n) is 30.0. The molecule has 0 radical (unpaired) electrons. The van der Waals surface area contributed by atoms with Gasteiger partial charge in [-0.15, -0.1) is 0 Å². The number of benzene rings is 11. The molecule has 16 aromatic rings. The number of pyridine rings is 3. The van der Waals surface area contributed by atoms with Gasteiger partial charge in [-0.1, -0.05) is 231 Å². The molecule has 416 valence electrons. The average Bonchev–Trinajstić information content (AvgIpc) is 1.66. The normalized spacial score (nSPS) is 11.4. The summed E-state index contributed by atoms with van der Waals surface area (Å²) >= 11 is 0. The minimum atomic E-state index is 0.496. The van der Waals surface area contributed by atoms with Gasteiger partial charge in [-0.25, -0.2) is 19.8 Å². The summed E-state index contributed by atoms with van der Waals surface area (Å²) in [5.74, 6) is 0. The molecule has 0 saturated carbocycles. The SMILES string of the molecule is [C-]#[N+]c1cc(-n2c3cc(-c4cccc(-c5ccccc5)c4)ccc3c3ccc(-c4cccc(-c5ccccc5)n4)cc32)c(-c2ccccc2C)cc1-n1c2cc(-c3cccc(-c4ccccc4)n3)ccc2c2ccc(-c3cccc(-c4ccccc4)n3)cc21. The van der Waals surface area contributed by atoms with E-state index < -0.39 is 0 Å². The quantitative estimate of drug-likeness (QED) is 0.121. The van der Waals surface area contributed by atoms with E-state index in [4.69, 9.17) is 15.0 Å². The van der Waals surface area contributed by atoms with Crippen molar-refractivity contribution in [3.05, 3.63) is 326 Å². The topological polar surface area (TPSA) is 52.9 Å². The summed E-state index contributed by atoms with van der Waals surface area (Å²) in [5.41, 5.74) is 25.1. The molecule has 0 N–H and O–H groups in total. The zero-order valence-corrected chi connectivity index (χ0v) is 48.6. The Hall–Kier alpha value is -12.0. The van der Waals surface area contributed by atoms with E-state index >= 15 is 0 Å². The summed E-state index contributed by atoms with van der Waals surface area (Å²) in [5, 5.41) is 4.31. The molecule has 0 aliphatic heterocycles. The smallest absolute Gasteiger partial charge is 0.212 e. The van der Waals surface area contributed by atoms with Crippen LogP contribution in [0.4, 0.5) is 5.69 Å². The number of rotatable bonds is 11. The molecule has 0 aliphatic carbocycles. The fraction of sp³-hybridized carbons (Fsp3) is 0.0120. The zero-order chi connectivity index (χ0) is 59.4. The predicted molar refractivity (Wildman–Crippen MR) is 368 cm³/mol. The summed E-state index contributed by atoms with van der Waals surface area (Å²) < 4.78 is 4.71. The number of nitrogens with zero attached hydrogens (tertiary/aromatic N) is 6. The van der Waals surface area contributed by atoms with Gasteiger partial charge in [0.15, 0.2) is 0 Å². The van der Waals surface area contributed by atoms with Crippen LogP contribution in [0.15, 0.2) is 309 Å². The molecule has 11 aromatic carbocycles. The monoisotopic (exact) mass is 1130 g/mol. The molecule has 5 aromatic heterocycles. The molecule has 89 heavy (non-hydrogen) atoms. The van der Waals surface area contributed by atoms with Crippen molar-refractivity contribution in [2.24, 2.45) is 0 Å². The third kappa shape index (κ3) is 9.52. The number of fused-ring (bicyclic) bond motifs is 6. The maximum absolute atomic E-state index is 9.38. The van der Waals surface area contributed by atoms with Gasteiger partial charge >= 0.3 is 0 Å². The Morgan fingerprint density at radius 2 is 0.584 bits per heavy atom. The average molecular weight is 1140 g/mol. The molecule has 6 heteroatoms. The maximum atomic E-state index is 9.38. The summed E-state index contributed by atoms with van der Waals surface area (Å²) in [7, 11) is 0. The first-order valence-corrected chi connectivity index (χ1v) is 30.0. The largest absolute Gasteiger partial charge is 0.319 e. The van der Waals surface area contributed by atoms with Gasteiger partial charge in [-0.3, -0.25) is 0 Å². The van der Waals surface area contributed by atoms with Crippen molar-refractivity contribution in [3.8, 4) is 112 Å². The highest BCUT2D eigenvalue weighted by molar-refractivity contribution is 6.14. The lowest BCUT2D eigenvalue weighted by Crippen LogP contribution is -2.02. The van der Waals surface area contributed by atoms with Gasteiger partial charge in [0, 0.05) is 66.2 Å². The Bertz CT molecular complexity index is 5160. The first-order chi connectivity index (χ1) is 44.0. The van der Waals surface area contributed by atoms with Crippen LogP contribution in [0.2, 0.25) is 0 Å². The number of aromatic nitrogens is 5. The second-order valence-electron chi connectivity index (χ2n) is 22.7. The lowest BCUT2D eigenvalue weighted by molar-refractivity contribution is 1.15. The molecule has 0 spiro atoms. The lowest BCUT2D eigenvalue weighted by atomic mass is 9.96. The summed E-state index contributed by atoms with van der Waals surface area (Å²) in [6.45, 7) is 11.6. The summed E-state index contributed by atoms with van der Waals surface area (Å²) in [6, 6.07) is 109. The second-order valence-corrected chi connectivity index (χ2v) is 22.7. The van der Waals surface area contributed by atoms with Gasteiger partial charge in [0.25, 0.3) is 0 Å². The van der Waals surface area contributed by atoms with Gasteiger partial charge in [0.1, 0.15) is 0 Å². The Morgan fingerprint density at radius 1 is 0.258 bits per heavy atom. The van der Waals surface area contributed by atoms with Crippen molar-refractivity contribution in [2.75, 3.05) is 0 Å². The molecule has 0 atom stereocenters. The Kier molecular flexibility index (Phi) is 13.0. The number of aryl methyl sites for hydroxylation is 1. The fourth-order valence-corrected chi connectivity index (χ4v) is 12.9. The molecule has 16 rings (SSSR count). The van der Waals surface area contributed by atoms with Crippen LogP contribution in [0.5, 0.6) is 0 Å². The van der Waals surface area contributed by atoms with Crippen molar-refractivity contribution in [2.45, 2.75) is 6.92 Å². The van der Waals surface area contributed by atoms with Crippen LogP contribution in [0.3, 0.4) is 0 Å². The van der Waals surface area contributed by atoms with Crippen molar-refractivity contribution in [1.82, 2.24) is 24.1 Å². The highest BCUT2D eigenvalue weighted by Crippen LogP contribution is 2.46. The standard InChI is InChI=1S/C83H54N6/c1-54-21-15-16-32-65(54)70-52-83(89-80-50-63(75-37-19-34-72(86-75)57-26-11-5-12-27-57)41-45-68(80)69-46-42-64(51-81(69)89)76-38-20-35-73(87-76)58-28-13-6-14-29-58)77(84-2)53-82(70)88-78-48-61(60-31-17-30-59(47-60)55-22-7-3-8-23-55)39-43-66(78)67-44-40-62(49-79(67)88)74-36-18-33-71(85-74)56-24-9-4-10-25-56/h3-53H,1H3. The molecular weight excluding hydrogens is 1080 g/mol. The Morgan fingerprint density at radius 3 is 1.01 bits per heavy atom. The van der Waals surface area contributed by atoms with E-state index in [0.717, 1.165) is 161 Å². The zero-order valence-electron chi connectivity index (χ0n) is 48.6. The van der Waals surface area contributed by atoms with Gasteiger partial charge < -0.3 is 9.13 Å². The molecule has 0 unspecified atom stereocenters. The molecule has 0 saturated heterocycles. The molecule has 6 nitrogen and oxygen atoms in total. The number of hydrogen-bond acceptors (Lipinski definition) is 3. The molecule has 5 heterocycles. The van der Waals surface area contributed by atoms with Gasteiger partial charge in [-0.05, 0) is 119 Å². The van der Waals surface area contributed by atoms with Gasteiger partial charge in [0.05, 0.1) is 68.5 Å². The van der Waals surface area contributed by atoms with E-state index in [1.807, 2.05) is 42.5 Å². The van der Waals surface area contributed by atoms with Crippen molar-refractivity contribution < 1.29 is 0 Å².